The number of morpholine rings is 1. The molecule has 0 aromatic carbocycles. The summed E-state index contributed by atoms with van der Waals surface area (Å²) in [6, 6.07) is 3.38. The van der Waals surface area contributed by atoms with Gasteiger partial charge in [-0.3, -0.25) is 4.79 Å². The number of hydrogen-bond acceptors (Lipinski definition) is 5. The van der Waals surface area contributed by atoms with E-state index in [0.717, 1.165) is 0 Å². The first-order chi connectivity index (χ1) is 11.3. The summed E-state index contributed by atoms with van der Waals surface area (Å²) in [6.07, 6.45) is 1.16. The highest BCUT2D eigenvalue weighted by Gasteiger charge is 2.39. The van der Waals surface area contributed by atoms with Gasteiger partial charge in [-0.2, -0.15) is 4.31 Å². The Morgan fingerprint density at radius 1 is 1.29 bits per heavy atom. The minimum atomic E-state index is -3.41. The average molecular weight is 373 g/mol. The minimum absolute atomic E-state index is 0.0999. The zero-order valence-electron chi connectivity index (χ0n) is 14.1. The van der Waals surface area contributed by atoms with Crippen molar-refractivity contribution < 1.29 is 17.9 Å². The van der Waals surface area contributed by atoms with E-state index >= 15 is 0 Å². The first kappa shape index (κ1) is 17.8. The zero-order valence-corrected chi connectivity index (χ0v) is 15.7. The summed E-state index contributed by atoms with van der Waals surface area (Å²) in [5.41, 5.74) is -0.296. The summed E-state index contributed by atoms with van der Waals surface area (Å²) < 4.78 is 32.5. The lowest BCUT2D eigenvalue weighted by molar-refractivity contribution is -0.151. The van der Waals surface area contributed by atoms with Crippen molar-refractivity contribution >= 4 is 27.3 Å². The molecule has 3 rings (SSSR count). The van der Waals surface area contributed by atoms with Crippen LogP contribution >= 0.6 is 11.3 Å². The quantitative estimate of drug-likeness (QED) is 0.811. The zero-order chi connectivity index (χ0) is 17.4. The van der Waals surface area contributed by atoms with Crippen molar-refractivity contribution in [3.8, 4) is 0 Å². The molecule has 6 nitrogen and oxygen atoms in total. The summed E-state index contributed by atoms with van der Waals surface area (Å²) in [5.74, 6) is 0.0358. The molecular weight excluding hydrogens is 348 g/mol. The lowest BCUT2D eigenvalue weighted by Crippen LogP contribution is -2.58. The SMILES string of the molecule is CC1(C)COCCN1C(=O)C1CCN(S(=O)(=O)c2cccs2)CC1. The number of carbonyl (C=O) groups is 1. The van der Waals surface area contributed by atoms with Crippen molar-refractivity contribution in [2.75, 3.05) is 32.8 Å². The molecule has 2 saturated heterocycles. The first-order valence-corrected chi connectivity index (χ1v) is 10.6. The monoisotopic (exact) mass is 372 g/mol. The van der Waals surface area contributed by atoms with E-state index < -0.39 is 10.0 Å². The Kier molecular flexibility index (Phi) is 5.01. The topological polar surface area (TPSA) is 66.9 Å². The third kappa shape index (κ3) is 3.37. The van der Waals surface area contributed by atoms with Crippen LogP contribution in [0.15, 0.2) is 21.7 Å². The van der Waals surface area contributed by atoms with Gasteiger partial charge in [0.1, 0.15) is 4.21 Å². The molecule has 0 radical (unpaired) electrons. The van der Waals surface area contributed by atoms with Gasteiger partial charge in [0.05, 0.1) is 18.8 Å². The van der Waals surface area contributed by atoms with Crippen LogP contribution in [0, 0.1) is 5.92 Å². The summed E-state index contributed by atoms with van der Waals surface area (Å²) in [6.45, 7) is 6.56. The second-order valence-electron chi connectivity index (χ2n) is 6.97. The van der Waals surface area contributed by atoms with Crippen LogP contribution in [0.5, 0.6) is 0 Å². The summed E-state index contributed by atoms with van der Waals surface area (Å²) in [7, 11) is -3.41. The highest BCUT2D eigenvalue weighted by atomic mass is 32.2. The standard InChI is InChI=1S/C16H24N2O4S2/c1-16(2)12-22-10-9-18(16)15(19)13-5-7-17(8-6-13)24(20,21)14-4-3-11-23-14/h3-4,11,13H,5-10,12H2,1-2H3. The molecule has 1 amide bonds. The second-order valence-corrected chi connectivity index (χ2v) is 10.1. The molecule has 0 aliphatic carbocycles. The van der Waals surface area contributed by atoms with Gasteiger partial charge in [-0.05, 0) is 38.1 Å². The van der Waals surface area contributed by atoms with Crippen molar-refractivity contribution in [2.45, 2.75) is 36.4 Å². The van der Waals surface area contributed by atoms with Crippen LogP contribution in [0.3, 0.4) is 0 Å². The maximum atomic E-state index is 12.9. The molecule has 0 saturated carbocycles. The molecule has 2 fully saturated rings. The van der Waals surface area contributed by atoms with Crippen LogP contribution in [0.4, 0.5) is 0 Å². The molecule has 0 atom stereocenters. The number of amides is 1. The Bertz CT molecular complexity index is 677. The lowest BCUT2D eigenvalue weighted by Gasteiger charge is -2.44. The number of thiophene rings is 1. The Morgan fingerprint density at radius 3 is 2.58 bits per heavy atom. The number of rotatable bonds is 3. The van der Waals surface area contributed by atoms with Gasteiger partial charge < -0.3 is 9.64 Å². The van der Waals surface area contributed by atoms with Crippen LogP contribution in [0.2, 0.25) is 0 Å². The number of nitrogens with zero attached hydrogens (tertiary/aromatic N) is 2. The number of carbonyl (C=O) groups excluding carboxylic acids is 1. The molecule has 0 N–H and O–H groups in total. The van der Waals surface area contributed by atoms with Gasteiger partial charge >= 0.3 is 0 Å². The maximum Gasteiger partial charge on any atom is 0.252 e. The van der Waals surface area contributed by atoms with Gasteiger partial charge in [0.25, 0.3) is 10.0 Å². The molecular formula is C16H24N2O4S2. The van der Waals surface area contributed by atoms with E-state index in [2.05, 4.69) is 0 Å². The molecule has 1 aromatic heterocycles. The van der Waals surface area contributed by atoms with Crippen molar-refractivity contribution in [1.82, 2.24) is 9.21 Å². The number of ether oxygens (including phenoxy) is 1. The van der Waals surface area contributed by atoms with E-state index in [1.807, 2.05) is 18.7 Å². The van der Waals surface area contributed by atoms with E-state index in [1.54, 1.807) is 17.5 Å². The highest BCUT2D eigenvalue weighted by Crippen LogP contribution is 2.29. The smallest absolute Gasteiger partial charge is 0.252 e. The van der Waals surface area contributed by atoms with Crippen molar-refractivity contribution in [3.63, 3.8) is 0 Å². The van der Waals surface area contributed by atoms with Crippen molar-refractivity contribution in [2.24, 2.45) is 5.92 Å². The van der Waals surface area contributed by atoms with Crippen LogP contribution in [0.25, 0.3) is 0 Å². The van der Waals surface area contributed by atoms with E-state index in [4.69, 9.17) is 4.74 Å². The fraction of sp³-hybridized carbons (Fsp3) is 0.688. The van der Waals surface area contributed by atoms with Gasteiger partial charge in [-0.15, -0.1) is 11.3 Å². The van der Waals surface area contributed by atoms with Crippen LogP contribution in [0.1, 0.15) is 26.7 Å². The highest BCUT2D eigenvalue weighted by molar-refractivity contribution is 7.91. The minimum Gasteiger partial charge on any atom is -0.377 e. The fourth-order valence-electron chi connectivity index (χ4n) is 3.37. The lowest BCUT2D eigenvalue weighted by atomic mass is 9.93. The number of sulfonamides is 1. The molecule has 134 valence electrons. The van der Waals surface area contributed by atoms with Crippen molar-refractivity contribution in [1.29, 1.82) is 0 Å². The van der Waals surface area contributed by atoms with Crippen LogP contribution in [-0.4, -0.2) is 61.9 Å². The fourth-order valence-corrected chi connectivity index (χ4v) is 5.98. The van der Waals surface area contributed by atoms with Crippen molar-refractivity contribution in [3.05, 3.63) is 17.5 Å². The van der Waals surface area contributed by atoms with E-state index in [-0.39, 0.29) is 17.4 Å². The first-order valence-electron chi connectivity index (χ1n) is 8.25. The normalized spacial score (nSPS) is 23.3. The Morgan fingerprint density at radius 2 is 2.00 bits per heavy atom. The van der Waals surface area contributed by atoms with Gasteiger partial charge in [0, 0.05) is 25.6 Å². The van der Waals surface area contributed by atoms with E-state index in [9.17, 15) is 13.2 Å². The predicted molar refractivity (Wildman–Crippen MR) is 92.4 cm³/mol. The van der Waals surface area contributed by atoms with Gasteiger partial charge in [-0.1, -0.05) is 6.07 Å². The Hall–Kier alpha value is -0.960. The molecule has 3 heterocycles. The summed E-state index contributed by atoms with van der Waals surface area (Å²) in [5, 5.41) is 1.77. The molecule has 1 aromatic rings. The number of piperidine rings is 1. The van der Waals surface area contributed by atoms with Crippen LogP contribution < -0.4 is 0 Å². The van der Waals surface area contributed by atoms with E-state index in [0.29, 0.717) is 49.9 Å². The maximum absolute atomic E-state index is 12.9. The summed E-state index contributed by atoms with van der Waals surface area (Å²) >= 11 is 1.23. The molecule has 2 aliphatic rings. The van der Waals surface area contributed by atoms with Gasteiger partial charge in [-0.25, -0.2) is 8.42 Å². The van der Waals surface area contributed by atoms with Crippen LogP contribution in [-0.2, 0) is 19.6 Å². The molecule has 24 heavy (non-hydrogen) atoms. The van der Waals surface area contributed by atoms with E-state index in [1.165, 1.54) is 15.6 Å². The predicted octanol–water partition coefficient (Wildman–Crippen LogP) is 1.79. The molecule has 8 heteroatoms. The molecule has 0 bridgehead atoms. The average Bonchev–Trinajstić information content (AvgIpc) is 3.09. The third-order valence-electron chi connectivity index (χ3n) is 4.80. The molecule has 0 unspecified atom stereocenters. The number of hydrogen-bond donors (Lipinski definition) is 0. The molecule has 2 aliphatic heterocycles. The molecule has 0 spiro atoms. The van der Waals surface area contributed by atoms with Gasteiger partial charge in [0.2, 0.25) is 5.91 Å². The summed E-state index contributed by atoms with van der Waals surface area (Å²) in [4.78, 5) is 14.8. The van der Waals surface area contributed by atoms with Gasteiger partial charge in [0.15, 0.2) is 0 Å². The second kappa shape index (κ2) is 6.74. The Balaban J connectivity index is 1.64. The Labute approximate surface area is 147 Å². The third-order valence-corrected chi connectivity index (χ3v) is 8.08. The largest absolute Gasteiger partial charge is 0.377 e.